The number of nitrogens with zero attached hydrogens (tertiary/aromatic N) is 2. The van der Waals surface area contributed by atoms with Gasteiger partial charge in [0, 0.05) is 64.6 Å². The summed E-state index contributed by atoms with van der Waals surface area (Å²) in [6.07, 6.45) is 0. The standard InChI is InChI=1S/C94H82B2N2S2/c1-91(2,3)67-43-39-59(40-44-67)65-51-81-87-85(53-65)99-83-58-84-78(57-77(83)95(87)75-49-47-69(93(7,8)9)55-79(75)97(81)89-71(61-27-17-13-18-28-61)35-25-36-72(89)62-29-19-14-20-30-62)96-76-50-48-70(94(10,11)12)56-80(76)98(82-52-66(54-86(100-84)88(82)96)60-41-45-68(46-42-60)92(4,5)6)90-73(63-31-21-15-22-32-63)37-26-38-74(90)64-33-23-16-24-34-64/h13-58H,1-12H3. The summed E-state index contributed by atoms with van der Waals surface area (Å²) in [6.45, 7) is 27.9. The van der Waals surface area contributed by atoms with Crippen molar-refractivity contribution >= 4 is 104 Å². The molecule has 0 saturated heterocycles. The summed E-state index contributed by atoms with van der Waals surface area (Å²) < 4.78 is 0. The van der Waals surface area contributed by atoms with Crippen molar-refractivity contribution in [3.63, 3.8) is 0 Å². The van der Waals surface area contributed by atoms with Crippen molar-refractivity contribution in [2.24, 2.45) is 0 Å². The Balaban J connectivity index is 0.949. The van der Waals surface area contributed by atoms with E-state index in [0.29, 0.717) is 0 Å². The lowest BCUT2D eigenvalue weighted by Crippen LogP contribution is -2.63. The number of hydrogen-bond acceptors (Lipinski definition) is 4. The summed E-state index contributed by atoms with van der Waals surface area (Å²) in [7, 11) is 0. The molecule has 0 saturated carbocycles. The highest BCUT2D eigenvalue weighted by atomic mass is 32.2. The summed E-state index contributed by atoms with van der Waals surface area (Å²) >= 11 is 3.94. The van der Waals surface area contributed by atoms with E-state index in [1.807, 2.05) is 23.5 Å². The monoisotopic (exact) mass is 1320 g/mol. The fourth-order valence-corrected chi connectivity index (χ4v) is 18.6. The minimum absolute atomic E-state index is 0.0140. The first kappa shape index (κ1) is 63.7. The third kappa shape index (κ3) is 10.9. The van der Waals surface area contributed by atoms with Gasteiger partial charge in [0.15, 0.2) is 0 Å². The molecule has 13 aromatic rings. The second kappa shape index (κ2) is 24.0. The third-order valence-electron chi connectivity index (χ3n) is 21.4. The van der Waals surface area contributed by atoms with Crippen molar-refractivity contribution in [2.45, 2.75) is 124 Å². The van der Waals surface area contributed by atoms with E-state index in [1.165, 1.54) is 175 Å². The number of benzene rings is 13. The van der Waals surface area contributed by atoms with Gasteiger partial charge in [-0.3, -0.25) is 0 Å². The first-order valence-corrected chi connectivity index (χ1v) is 37.2. The van der Waals surface area contributed by atoms with Gasteiger partial charge in [0.25, 0.3) is 0 Å². The van der Waals surface area contributed by atoms with Crippen LogP contribution in [0.1, 0.15) is 105 Å². The first-order chi connectivity index (χ1) is 48.1. The molecular weight excluding hydrogens is 1240 g/mol. The van der Waals surface area contributed by atoms with Gasteiger partial charge in [-0.05, 0) is 153 Å². The van der Waals surface area contributed by atoms with Gasteiger partial charge in [-0.2, -0.15) is 0 Å². The van der Waals surface area contributed by atoms with Gasteiger partial charge in [0.1, 0.15) is 0 Å². The highest BCUT2D eigenvalue weighted by Gasteiger charge is 2.47. The molecule has 4 heterocycles. The Labute approximate surface area is 601 Å². The Bertz CT molecular complexity index is 4940. The average Bonchev–Trinajstić information content (AvgIpc) is 0.694. The molecule has 0 unspecified atom stereocenters. The van der Waals surface area contributed by atoms with Gasteiger partial charge >= 0.3 is 0 Å². The largest absolute Gasteiger partial charge is 0.310 e. The zero-order chi connectivity index (χ0) is 68.7. The predicted molar refractivity (Wildman–Crippen MR) is 434 cm³/mol. The summed E-state index contributed by atoms with van der Waals surface area (Å²) in [5, 5.41) is 0. The fraction of sp³-hybridized carbons (Fsp3) is 0.170. The van der Waals surface area contributed by atoms with Crippen LogP contribution in [0, 0.1) is 0 Å². The normalized spacial score (nSPS) is 13.6. The number of fused-ring (bicyclic) bond motifs is 8. The molecule has 13 aromatic carbocycles. The van der Waals surface area contributed by atoms with Crippen LogP contribution in [0.25, 0.3) is 66.8 Å². The number of hydrogen-bond donors (Lipinski definition) is 0. The quantitative estimate of drug-likeness (QED) is 0.140. The Morgan fingerprint density at radius 3 is 0.850 bits per heavy atom. The van der Waals surface area contributed by atoms with E-state index < -0.39 is 0 Å². The highest BCUT2D eigenvalue weighted by molar-refractivity contribution is 8.01. The van der Waals surface area contributed by atoms with Crippen LogP contribution in [-0.4, -0.2) is 13.4 Å². The molecule has 4 aliphatic heterocycles. The van der Waals surface area contributed by atoms with Crippen molar-refractivity contribution in [3.05, 3.63) is 301 Å². The van der Waals surface area contributed by atoms with Crippen LogP contribution in [0.3, 0.4) is 0 Å². The van der Waals surface area contributed by atoms with Gasteiger partial charge in [0.05, 0.1) is 11.4 Å². The summed E-state index contributed by atoms with van der Waals surface area (Å²) in [4.78, 5) is 10.6. The molecule has 0 radical (unpaired) electrons. The van der Waals surface area contributed by atoms with Gasteiger partial charge in [-0.1, -0.05) is 354 Å². The molecule has 100 heavy (non-hydrogen) atoms. The van der Waals surface area contributed by atoms with E-state index in [0.717, 1.165) is 0 Å². The summed E-state index contributed by atoms with van der Waals surface area (Å²) in [6, 6.07) is 108. The van der Waals surface area contributed by atoms with Crippen molar-refractivity contribution in [1.82, 2.24) is 0 Å². The lowest BCUT2D eigenvalue weighted by atomic mass is 9.31. The Morgan fingerprint density at radius 2 is 0.540 bits per heavy atom. The van der Waals surface area contributed by atoms with Crippen molar-refractivity contribution < 1.29 is 0 Å². The molecule has 486 valence electrons. The third-order valence-corrected chi connectivity index (χ3v) is 23.7. The van der Waals surface area contributed by atoms with Crippen LogP contribution in [-0.2, 0) is 21.7 Å². The molecule has 0 fully saturated rings. The van der Waals surface area contributed by atoms with E-state index in [4.69, 9.17) is 0 Å². The van der Waals surface area contributed by atoms with Crippen molar-refractivity contribution in [1.29, 1.82) is 0 Å². The molecule has 0 amide bonds. The molecule has 6 heteroatoms. The summed E-state index contributed by atoms with van der Waals surface area (Å²) in [5.41, 5.74) is 34.7. The average molecular weight is 1330 g/mol. The van der Waals surface area contributed by atoms with E-state index in [-0.39, 0.29) is 35.1 Å². The molecule has 0 atom stereocenters. The second-order valence-corrected chi connectivity index (χ2v) is 34.2. The topological polar surface area (TPSA) is 6.48 Å². The molecule has 0 aromatic heterocycles. The van der Waals surface area contributed by atoms with Crippen LogP contribution in [0.15, 0.2) is 299 Å². The van der Waals surface area contributed by atoms with Crippen LogP contribution >= 0.6 is 23.5 Å². The minimum Gasteiger partial charge on any atom is -0.310 e. The molecule has 2 nitrogen and oxygen atoms in total. The van der Waals surface area contributed by atoms with Crippen LogP contribution < -0.4 is 42.6 Å². The van der Waals surface area contributed by atoms with Gasteiger partial charge in [0.2, 0.25) is 13.4 Å². The predicted octanol–water partition coefficient (Wildman–Crippen LogP) is 22.4. The van der Waals surface area contributed by atoms with E-state index >= 15 is 0 Å². The SMILES string of the molecule is CC(C)(C)c1ccc(-c2cc3c4c(c2)N(c2c(-c5ccccc5)cccc2-c2ccccc2)c2cc(C(C)(C)C)ccc2B4c2cc4c(cc2S3)Sc2cc(-c3ccc(C(C)(C)C)cc3)cc3c2B4c2ccc(C(C)(C)C)cc2N3c2c(-c3ccccc3)cccc2-c2ccccc2)cc1. The first-order valence-electron chi connectivity index (χ1n) is 35.6. The van der Waals surface area contributed by atoms with Crippen LogP contribution in [0.5, 0.6) is 0 Å². The molecule has 0 aliphatic carbocycles. The molecular formula is C94H82B2N2S2. The number of para-hydroxylation sites is 2. The second-order valence-electron chi connectivity index (χ2n) is 32.1. The van der Waals surface area contributed by atoms with Crippen LogP contribution in [0.4, 0.5) is 34.1 Å². The maximum Gasteiger partial charge on any atom is 0.249 e. The fourth-order valence-electron chi connectivity index (χ4n) is 16.0. The van der Waals surface area contributed by atoms with E-state index in [9.17, 15) is 0 Å². The molecule has 0 spiro atoms. The molecule has 0 N–H and O–H groups in total. The highest BCUT2D eigenvalue weighted by Crippen LogP contribution is 2.54. The zero-order valence-electron chi connectivity index (χ0n) is 59.4. The van der Waals surface area contributed by atoms with E-state index in [1.54, 1.807) is 0 Å². The van der Waals surface area contributed by atoms with Gasteiger partial charge in [-0.15, -0.1) is 0 Å². The number of rotatable bonds is 8. The lowest BCUT2D eigenvalue weighted by Gasteiger charge is -2.44. The Morgan fingerprint density at radius 1 is 0.230 bits per heavy atom. The Kier molecular flexibility index (Phi) is 15.3. The molecule has 0 bridgehead atoms. The number of anilines is 6. The van der Waals surface area contributed by atoms with Gasteiger partial charge < -0.3 is 9.80 Å². The van der Waals surface area contributed by atoms with Crippen LogP contribution in [0.2, 0.25) is 0 Å². The van der Waals surface area contributed by atoms with E-state index in [2.05, 4.69) is 372 Å². The van der Waals surface area contributed by atoms with Crippen molar-refractivity contribution in [2.75, 3.05) is 9.80 Å². The molecule has 17 rings (SSSR count). The smallest absolute Gasteiger partial charge is 0.249 e. The molecule has 4 aliphatic rings. The maximum absolute atomic E-state index is 2.70. The lowest BCUT2D eigenvalue weighted by molar-refractivity contribution is 0.590. The maximum atomic E-state index is 2.70. The van der Waals surface area contributed by atoms with Gasteiger partial charge in [-0.25, -0.2) is 0 Å². The van der Waals surface area contributed by atoms with Crippen molar-refractivity contribution in [3.8, 4) is 66.8 Å². The zero-order valence-corrected chi connectivity index (χ0v) is 61.1. The minimum atomic E-state index is -0.139. The Hall–Kier alpha value is -9.71. The summed E-state index contributed by atoms with van der Waals surface area (Å²) in [5.74, 6) is 0.